The molecule has 0 amide bonds. The predicted octanol–water partition coefficient (Wildman–Crippen LogP) is 6.04. The van der Waals surface area contributed by atoms with Crippen LogP contribution in [-0.4, -0.2) is 0 Å². The highest BCUT2D eigenvalue weighted by atomic mass is 127. The Balaban J connectivity index is 2.69. The molecule has 0 radical (unpaired) electrons. The highest BCUT2D eigenvalue weighted by Gasteiger charge is 2.13. The van der Waals surface area contributed by atoms with Gasteiger partial charge in [0.2, 0.25) is 0 Å². The van der Waals surface area contributed by atoms with Crippen molar-refractivity contribution in [3.8, 4) is 11.1 Å². The van der Waals surface area contributed by atoms with Crippen LogP contribution in [0.1, 0.15) is 30.9 Å². The maximum Gasteiger partial charge on any atom is 0.0487 e. The van der Waals surface area contributed by atoms with Crippen molar-refractivity contribution in [1.82, 2.24) is 0 Å². The average molecular weight is 371 g/mol. The first-order chi connectivity index (χ1) is 8.52. The van der Waals surface area contributed by atoms with Crippen molar-refractivity contribution >= 4 is 34.2 Å². The van der Waals surface area contributed by atoms with Crippen LogP contribution in [0.15, 0.2) is 36.4 Å². The lowest BCUT2D eigenvalue weighted by Gasteiger charge is -2.15. The van der Waals surface area contributed by atoms with Crippen LogP contribution in [0.3, 0.4) is 0 Å². The fraction of sp³-hybridized carbons (Fsp3) is 0.250. The third-order valence-corrected chi connectivity index (χ3v) is 4.66. The van der Waals surface area contributed by atoms with Crippen LogP contribution < -0.4 is 0 Å². The van der Waals surface area contributed by atoms with Crippen molar-refractivity contribution < 1.29 is 0 Å². The van der Waals surface area contributed by atoms with Crippen LogP contribution in [0.2, 0.25) is 5.02 Å². The SMILES string of the molecule is Cc1cccc(Cl)c1-c1cccc(C(C)C)c1I. The Hall–Kier alpha value is -0.540. The fourth-order valence-corrected chi connectivity index (χ4v) is 3.74. The van der Waals surface area contributed by atoms with Crippen LogP contribution in [0, 0.1) is 10.5 Å². The molecule has 18 heavy (non-hydrogen) atoms. The normalized spacial score (nSPS) is 11.0. The standard InChI is InChI=1S/C16H16ClI/c1-10(2)12-7-5-8-13(16(12)18)15-11(3)6-4-9-14(15)17/h4-10H,1-3H3. The van der Waals surface area contributed by atoms with Crippen molar-refractivity contribution in [2.75, 3.05) is 0 Å². The van der Waals surface area contributed by atoms with Crippen molar-refractivity contribution in [3.63, 3.8) is 0 Å². The molecule has 0 aromatic heterocycles. The molecule has 0 unspecified atom stereocenters. The lowest BCUT2D eigenvalue weighted by Crippen LogP contribution is -1.96. The highest BCUT2D eigenvalue weighted by Crippen LogP contribution is 2.36. The molecular weight excluding hydrogens is 355 g/mol. The van der Waals surface area contributed by atoms with Gasteiger partial charge >= 0.3 is 0 Å². The van der Waals surface area contributed by atoms with Crippen LogP contribution in [0.4, 0.5) is 0 Å². The van der Waals surface area contributed by atoms with E-state index in [1.807, 2.05) is 12.1 Å². The smallest absolute Gasteiger partial charge is 0.0487 e. The molecule has 2 aromatic carbocycles. The van der Waals surface area contributed by atoms with E-state index < -0.39 is 0 Å². The van der Waals surface area contributed by atoms with E-state index in [1.165, 1.54) is 20.3 Å². The van der Waals surface area contributed by atoms with E-state index in [-0.39, 0.29) is 0 Å². The van der Waals surface area contributed by atoms with Gasteiger partial charge in [-0.05, 0) is 58.2 Å². The van der Waals surface area contributed by atoms with Gasteiger partial charge < -0.3 is 0 Å². The zero-order chi connectivity index (χ0) is 13.3. The molecule has 0 heterocycles. The van der Waals surface area contributed by atoms with E-state index in [4.69, 9.17) is 11.6 Å². The van der Waals surface area contributed by atoms with Gasteiger partial charge in [0.1, 0.15) is 0 Å². The minimum absolute atomic E-state index is 0.527. The molecule has 0 aliphatic rings. The second-order valence-corrected chi connectivity index (χ2v) is 6.28. The fourth-order valence-electron chi connectivity index (χ4n) is 2.16. The van der Waals surface area contributed by atoms with E-state index in [0.717, 1.165) is 10.6 Å². The van der Waals surface area contributed by atoms with Gasteiger partial charge in [0.25, 0.3) is 0 Å². The van der Waals surface area contributed by atoms with Gasteiger partial charge in [-0.3, -0.25) is 0 Å². The summed E-state index contributed by atoms with van der Waals surface area (Å²) in [5.41, 5.74) is 5.00. The lowest BCUT2D eigenvalue weighted by molar-refractivity contribution is 0.861. The first kappa shape index (κ1) is 13.9. The summed E-state index contributed by atoms with van der Waals surface area (Å²) < 4.78 is 1.31. The Kier molecular flexibility index (Phi) is 4.33. The summed E-state index contributed by atoms with van der Waals surface area (Å²) in [4.78, 5) is 0. The first-order valence-electron chi connectivity index (χ1n) is 6.06. The summed E-state index contributed by atoms with van der Waals surface area (Å²) in [7, 11) is 0. The van der Waals surface area contributed by atoms with Gasteiger partial charge in [-0.25, -0.2) is 0 Å². The Morgan fingerprint density at radius 2 is 1.72 bits per heavy atom. The van der Waals surface area contributed by atoms with Crippen molar-refractivity contribution in [2.24, 2.45) is 0 Å². The second-order valence-electron chi connectivity index (χ2n) is 4.80. The maximum atomic E-state index is 6.36. The van der Waals surface area contributed by atoms with E-state index in [2.05, 4.69) is 67.6 Å². The van der Waals surface area contributed by atoms with Crippen LogP contribution in [0.25, 0.3) is 11.1 Å². The summed E-state index contributed by atoms with van der Waals surface area (Å²) in [6.07, 6.45) is 0. The quantitative estimate of drug-likeness (QED) is 0.565. The summed E-state index contributed by atoms with van der Waals surface area (Å²) in [5, 5.41) is 0.828. The molecule has 0 spiro atoms. The Morgan fingerprint density at radius 3 is 2.33 bits per heavy atom. The highest BCUT2D eigenvalue weighted by molar-refractivity contribution is 14.1. The summed E-state index contributed by atoms with van der Waals surface area (Å²) in [6.45, 7) is 6.56. The molecule has 0 fully saturated rings. The van der Waals surface area contributed by atoms with Gasteiger partial charge in [0, 0.05) is 14.2 Å². The molecular formula is C16H16ClI. The van der Waals surface area contributed by atoms with Crippen LogP contribution in [-0.2, 0) is 0 Å². The Morgan fingerprint density at radius 1 is 1.06 bits per heavy atom. The zero-order valence-corrected chi connectivity index (χ0v) is 13.7. The molecule has 0 atom stereocenters. The van der Waals surface area contributed by atoms with E-state index in [9.17, 15) is 0 Å². The number of aryl methyl sites for hydroxylation is 1. The summed E-state index contributed by atoms with van der Waals surface area (Å²) >= 11 is 8.80. The minimum atomic E-state index is 0.527. The number of rotatable bonds is 2. The summed E-state index contributed by atoms with van der Waals surface area (Å²) in [6, 6.07) is 12.5. The Labute approximate surface area is 128 Å². The third kappa shape index (κ3) is 2.57. The number of hydrogen-bond donors (Lipinski definition) is 0. The van der Waals surface area contributed by atoms with Crippen LogP contribution in [0.5, 0.6) is 0 Å². The Bertz CT molecular complexity index is 553. The van der Waals surface area contributed by atoms with Crippen molar-refractivity contribution in [2.45, 2.75) is 26.7 Å². The van der Waals surface area contributed by atoms with Gasteiger partial charge in [-0.2, -0.15) is 0 Å². The second kappa shape index (κ2) is 5.62. The number of halogens is 2. The van der Waals surface area contributed by atoms with Gasteiger partial charge in [-0.1, -0.05) is 55.8 Å². The molecule has 0 saturated heterocycles. The molecule has 0 bridgehead atoms. The molecule has 0 N–H and O–H groups in total. The minimum Gasteiger partial charge on any atom is -0.0837 e. The molecule has 0 aliphatic heterocycles. The van der Waals surface area contributed by atoms with Gasteiger partial charge in [0.15, 0.2) is 0 Å². The molecule has 0 aliphatic carbocycles. The monoisotopic (exact) mass is 370 g/mol. The van der Waals surface area contributed by atoms with E-state index in [0.29, 0.717) is 5.92 Å². The summed E-state index contributed by atoms with van der Waals surface area (Å²) in [5.74, 6) is 0.527. The van der Waals surface area contributed by atoms with Crippen LogP contribution >= 0.6 is 34.2 Å². The van der Waals surface area contributed by atoms with E-state index in [1.54, 1.807) is 0 Å². The largest absolute Gasteiger partial charge is 0.0837 e. The molecule has 2 rings (SSSR count). The van der Waals surface area contributed by atoms with Crippen molar-refractivity contribution in [1.29, 1.82) is 0 Å². The number of benzene rings is 2. The first-order valence-corrected chi connectivity index (χ1v) is 7.52. The predicted molar refractivity (Wildman–Crippen MR) is 88.4 cm³/mol. The molecule has 94 valence electrons. The average Bonchev–Trinajstić information content (AvgIpc) is 2.30. The lowest BCUT2D eigenvalue weighted by atomic mass is 9.95. The molecule has 0 saturated carbocycles. The molecule has 0 nitrogen and oxygen atoms in total. The topological polar surface area (TPSA) is 0 Å². The van der Waals surface area contributed by atoms with E-state index >= 15 is 0 Å². The molecule has 2 aromatic rings. The number of hydrogen-bond acceptors (Lipinski definition) is 0. The van der Waals surface area contributed by atoms with Gasteiger partial charge in [-0.15, -0.1) is 0 Å². The molecule has 2 heteroatoms. The third-order valence-electron chi connectivity index (χ3n) is 3.14. The zero-order valence-electron chi connectivity index (χ0n) is 10.8. The van der Waals surface area contributed by atoms with Crippen molar-refractivity contribution in [3.05, 3.63) is 56.1 Å². The maximum absolute atomic E-state index is 6.36. The van der Waals surface area contributed by atoms with Gasteiger partial charge in [0.05, 0.1) is 0 Å².